The van der Waals surface area contributed by atoms with Crippen molar-refractivity contribution in [3.63, 3.8) is 0 Å². The highest BCUT2D eigenvalue weighted by Crippen LogP contribution is 2.46. The number of aryl methyl sites for hydroxylation is 1. The minimum Gasteiger partial charge on any atom is -0.507 e. The number of imidazole rings is 1. The third-order valence-corrected chi connectivity index (χ3v) is 13.3. The molecule has 0 aliphatic rings. The normalized spacial score (nSPS) is 16.2. The summed E-state index contributed by atoms with van der Waals surface area (Å²) in [6.07, 6.45) is -0.729. The van der Waals surface area contributed by atoms with E-state index in [9.17, 15) is 9.22 Å². The predicted octanol–water partition coefficient (Wildman–Crippen LogP) is 18.6. The van der Waals surface area contributed by atoms with Crippen LogP contribution >= 0.6 is 0 Å². The van der Waals surface area contributed by atoms with E-state index in [0.29, 0.717) is 33.5 Å². The molecule has 9 aromatic rings. The quantitative estimate of drug-likeness (QED) is 0.157. The number of phenolic OH excluding ortho intramolecular Hbond substituents is 1. The average molecular weight is 950 g/mol. The highest BCUT2D eigenvalue weighted by atomic mass is 16.3. The Morgan fingerprint density at radius 2 is 1.23 bits per heavy atom. The Hall–Kier alpha value is -7.04. The molecule has 0 atom stereocenters. The molecule has 2 heterocycles. The van der Waals surface area contributed by atoms with Crippen LogP contribution in [-0.2, 0) is 16.2 Å². The van der Waals surface area contributed by atoms with Gasteiger partial charge in [-0.15, -0.1) is 0 Å². The fourth-order valence-corrected chi connectivity index (χ4v) is 9.13. The molecule has 9 rings (SSSR count). The van der Waals surface area contributed by atoms with Crippen molar-refractivity contribution >= 4 is 11.0 Å². The Morgan fingerprint density at radius 1 is 0.549 bits per heavy atom. The number of fused-ring (bicyclic) bond motifs is 1. The predicted molar refractivity (Wildman–Crippen MR) is 302 cm³/mol. The number of benzene rings is 7. The van der Waals surface area contributed by atoms with E-state index in [1.165, 1.54) is 5.56 Å². The smallest absolute Gasteiger partial charge is 0.149 e. The summed E-state index contributed by atoms with van der Waals surface area (Å²) in [5.74, 6) is 0.566. The minimum absolute atomic E-state index is 0.0636. The summed E-state index contributed by atoms with van der Waals surface area (Å²) in [6, 6.07) is 32.3. The molecule has 0 aliphatic heterocycles. The molecule has 2 aromatic heterocycles. The molecule has 0 saturated heterocycles. The van der Waals surface area contributed by atoms with E-state index in [2.05, 4.69) is 106 Å². The van der Waals surface area contributed by atoms with Gasteiger partial charge in [-0.1, -0.05) is 193 Å². The second-order valence-corrected chi connectivity index (χ2v) is 21.4. The first kappa shape index (κ1) is 32.8. The van der Waals surface area contributed by atoms with Crippen molar-refractivity contribution in [2.24, 2.45) is 0 Å². The number of pyridine rings is 1. The highest BCUT2D eigenvalue weighted by molar-refractivity contribution is 5.98. The SMILES string of the molecule is [2H]c1nc(-c2cc(-c3cccc4c3nc(-c3cc(C(C)C)cc(C(C)C)c3O)n4-c3cc(-c4ccccc4)c(C)cc3-c3ccc(C(C)(C)C)cc3)cc(C(C)(C)C)c2)c([2H])c(-c2c([2H])c([2H])c(C(C([2H])([2H])[2H])(C([2H])([2H])[2H])C([2H])([2H])[2H])c([2H])c2[2H])c1[2H]. The number of nitrogens with zero attached hydrogens (tertiary/aromatic N) is 3. The summed E-state index contributed by atoms with van der Waals surface area (Å²) in [5, 5.41) is 12.6. The molecule has 0 radical (unpaired) electrons. The number of rotatable bonds is 9. The van der Waals surface area contributed by atoms with Crippen LogP contribution in [-0.4, -0.2) is 19.6 Å². The van der Waals surface area contributed by atoms with E-state index >= 15 is 0 Å². The van der Waals surface area contributed by atoms with Crippen LogP contribution in [0.25, 0.3) is 83.9 Å². The maximum Gasteiger partial charge on any atom is 0.149 e. The van der Waals surface area contributed by atoms with Crippen LogP contribution in [0.2, 0.25) is 0 Å². The van der Waals surface area contributed by atoms with Crippen molar-refractivity contribution < 1.29 is 27.0 Å². The first-order valence-electron chi connectivity index (χ1n) is 32.2. The number of hydrogen-bond donors (Lipinski definition) is 1. The number of hydrogen-bond acceptors (Lipinski definition) is 3. The lowest BCUT2D eigenvalue weighted by Gasteiger charge is -2.22. The van der Waals surface area contributed by atoms with Gasteiger partial charge in [0.05, 0.1) is 37.6 Å². The summed E-state index contributed by atoms with van der Waals surface area (Å²) in [7, 11) is 0. The number of para-hydroxylation sites is 1. The number of aromatic hydroxyl groups is 1. The van der Waals surface area contributed by atoms with Crippen molar-refractivity contribution in [1.82, 2.24) is 14.5 Å². The first-order valence-corrected chi connectivity index (χ1v) is 24.2. The van der Waals surface area contributed by atoms with Crippen LogP contribution in [0.1, 0.15) is 157 Å². The van der Waals surface area contributed by atoms with Crippen molar-refractivity contribution in [2.45, 2.75) is 125 Å². The Labute approximate surface area is 446 Å². The lowest BCUT2D eigenvalue weighted by Crippen LogP contribution is -2.11. The third kappa shape index (κ3) is 9.74. The monoisotopic (exact) mass is 950 g/mol. The van der Waals surface area contributed by atoms with Crippen molar-refractivity contribution in [2.75, 3.05) is 0 Å². The van der Waals surface area contributed by atoms with Crippen molar-refractivity contribution in [1.29, 1.82) is 0 Å². The zero-order valence-electron chi connectivity index (χ0n) is 58.4. The number of phenols is 1. The Morgan fingerprint density at radius 3 is 1.87 bits per heavy atom. The van der Waals surface area contributed by atoms with E-state index in [1.54, 1.807) is 12.1 Å². The van der Waals surface area contributed by atoms with Gasteiger partial charge in [-0.2, -0.15) is 0 Å². The third-order valence-electron chi connectivity index (χ3n) is 13.3. The molecular formula is C67H71N3O. The highest BCUT2D eigenvalue weighted by Gasteiger charge is 2.27. The zero-order valence-corrected chi connectivity index (χ0v) is 42.4. The second kappa shape index (κ2) is 18.6. The maximum absolute atomic E-state index is 12.6. The molecule has 0 fully saturated rings. The van der Waals surface area contributed by atoms with Crippen LogP contribution in [0.3, 0.4) is 0 Å². The Bertz CT molecular complexity index is 4120. The summed E-state index contributed by atoms with van der Waals surface area (Å²) < 4.78 is 142. The average Bonchev–Trinajstić information content (AvgIpc) is 0.925. The fourth-order valence-electron chi connectivity index (χ4n) is 9.13. The van der Waals surface area contributed by atoms with Crippen molar-refractivity contribution in [3.05, 3.63) is 191 Å². The first-order chi connectivity index (χ1) is 40.2. The molecule has 4 heteroatoms. The molecule has 1 N–H and O–H groups in total. The fraction of sp³-hybridized carbons (Fsp3) is 0.284. The van der Waals surface area contributed by atoms with Crippen LogP contribution < -0.4 is 0 Å². The molecule has 7 aromatic carbocycles. The van der Waals surface area contributed by atoms with Crippen molar-refractivity contribution in [3.8, 4) is 78.6 Å². The summed E-state index contributed by atoms with van der Waals surface area (Å²) in [5.41, 5.74) is 4.97. The van der Waals surface area contributed by atoms with Gasteiger partial charge in [0.25, 0.3) is 0 Å². The molecule has 0 unspecified atom stereocenters. The summed E-state index contributed by atoms with van der Waals surface area (Å²) >= 11 is 0. The van der Waals surface area contributed by atoms with E-state index in [1.807, 2.05) is 83.1 Å². The van der Waals surface area contributed by atoms with Crippen LogP contribution in [0.15, 0.2) is 158 Å². The van der Waals surface area contributed by atoms with Gasteiger partial charge in [0.1, 0.15) is 11.6 Å². The van der Waals surface area contributed by atoms with Crippen LogP contribution in [0, 0.1) is 6.92 Å². The van der Waals surface area contributed by atoms with E-state index in [-0.39, 0.29) is 34.3 Å². The van der Waals surface area contributed by atoms with Gasteiger partial charge in [-0.05, 0) is 150 Å². The zero-order chi connectivity index (χ0) is 64.3. The van der Waals surface area contributed by atoms with Gasteiger partial charge in [0, 0.05) is 35.2 Å². The van der Waals surface area contributed by atoms with Gasteiger partial charge in [0.2, 0.25) is 0 Å². The topological polar surface area (TPSA) is 50.9 Å². The lowest BCUT2D eigenvalue weighted by molar-refractivity contribution is 0.466. The molecule has 0 amide bonds. The van der Waals surface area contributed by atoms with E-state index in [0.717, 1.165) is 50.2 Å². The molecule has 71 heavy (non-hydrogen) atoms. The van der Waals surface area contributed by atoms with E-state index in [4.69, 9.17) is 22.8 Å². The standard InChI is InChI=1S/C67H71N3O/c1-41(2)48-37-55(42(3)4)63(71)58(38-48)64-69-62-54(49-34-50(36-53(35-49)67(12,13)14)59-39-47(31-32-68-59)44-23-27-51(28-24-44)65(6,7)8)21-18-22-60(62)70(64)61-40-56(45-19-16-15-17-20-45)43(5)33-57(61)46-25-29-52(30-26-46)66(9,10)11/h15-42,71H,1-14H3/i6D3,7D3,8D3,23D,24D,27D,28D,31D,32D,39D. The van der Waals surface area contributed by atoms with Crippen LogP contribution in [0.4, 0.5) is 0 Å². The summed E-state index contributed by atoms with van der Waals surface area (Å²) in [6.45, 7) is 11.1. The molecular weight excluding hydrogens is 863 g/mol. The van der Waals surface area contributed by atoms with Gasteiger partial charge >= 0.3 is 0 Å². The number of aromatic nitrogens is 3. The van der Waals surface area contributed by atoms with E-state index < -0.39 is 90.5 Å². The molecule has 0 bridgehead atoms. The lowest BCUT2D eigenvalue weighted by atomic mass is 9.83. The largest absolute Gasteiger partial charge is 0.507 e. The Balaban J connectivity index is 1.37. The second-order valence-electron chi connectivity index (χ2n) is 21.4. The molecule has 0 spiro atoms. The molecule has 4 nitrogen and oxygen atoms in total. The minimum atomic E-state index is -3.93. The van der Waals surface area contributed by atoms with Gasteiger partial charge in [0.15, 0.2) is 0 Å². The Kier molecular flexibility index (Phi) is 8.59. The molecule has 360 valence electrons. The van der Waals surface area contributed by atoms with Gasteiger partial charge in [-0.25, -0.2) is 4.98 Å². The summed E-state index contributed by atoms with van der Waals surface area (Å²) in [4.78, 5) is 10.1. The van der Waals surface area contributed by atoms with Gasteiger partial charge < -0.3 is 5.11 Å². The van der Waals surface area contributed by atoms with Crippen LogP contribution in [0.5, 0.6) is 5.75 Å². The maximum atomic E-state index is 12.6. The molecule has 0 saturated carbocycles. The molecule has 0 aliphatic carbocycles. The van der Waals surface area contributed by atoms with Gasteiger partial charge in [-0.3, -0.25) is 9.55 Å².